The Morgan fingerprint density at radius 1 is 1.50 bits per heavy atom. The van der Waals surface area contributed by atoms with Crippen molar-refractivity contribution in [2.75, 3.05) is 19.6 Å². The van der Waals surface area contributed by atoms with E-state index in [1.165, 1.54) is 24.3 Å². The first-order valence-corrected chi connectivity index (χ1v) is 6.44. The number of aliphatic hydroxyl groups excluding tert-OH is 1. The number of halogens is 2. The summed E-state index contributed by atoms with van der Waals surface area (Å²) in [5.74, 6) is -0.400. The first-order chi connectivity index (χ1) is 9.01. The minimum absolute atomic E-state index is 0. The van der Waals surface area contributed by atoms with E-state index in [9.17, 15) is 14.3 Å². The molecule has 1 aromatic rings. The fraction of sp³-hybridized carbons (Fsp3) is 0.500. The van der Waals surface area contributed by atoms with Gasteiger partial charge in [-0.05, 0) is 37.6 Å². The van der Waals surface area contributed by atoms with Crippen molar-refractivity contribution >= 4 is 18.3 Å². The second-order valence-electron chi connectivity index (χ2n) is 5.26. The summed E-state index contributed by atoms with van der Waals surface area (Å²) in [5, 5.41) is 15.8. The molecule has 112 valence electrons. The van der Waals surface area contributed by atoms with Gasteiger partial charge in [-0.1, -0.05) is 12.1 Å². The zero-order chi connectivity index (χ0) is 13.9. The van der Waals surface area contributed by atoms with E-state index in [0.29, 0.717) is 12.1 Å². The summed E-state index contributed by atoms with van der Waals surface area (Å²) in [7, 11) is 0. The van der Waals surface area contributed by atoms with E-state index in [2.05, 4.69) is 10.6 Å². The SMILES string of the molecule is CC1(C(=O)NCC(O)c2ccc(F)cc2)CCNC1.Cl. The maximum absolute atomic E-state index is 12.8. The number of hydrogen-bond acceptors (Lipinski definition) is 3. The van der Waals surface area contributed by atoms with Crippen LogP contribution in [0.4, 0.5) is 4.39 Å². The second-order valence-corrected chi connectivity index (χ2v) is 5.26. The fourth-order valence-electron chi connectivity index (χ4n) is 2.22. The molecule has 1 amide bonds. The van der Waals surface area contributed by atoms with Crippen molar-refractivity contribution in [2.24, 2.45) is 5.41 Å². The van der Waals surface area contributed by atoms with Crippen molar-refractivity contribution in [3.8, 4) is 0 Å². The number of carbonyl (C=O) groups is 1. The quantitative estimate of drug-likeness (QED) is 0.788. The highest BCUT2D eigenvalue weighted by atomic mass is 35.5. The van der Waals surface area contributed by atoms with Crippen LogP contribution in [0.2, 0.25) is 0 Å². The number of rotatable bonds is 4. The van der Waals surface area contributed by atoms with Gasteiger partial charge in [0.2, 0.25) is 5.91 Å². The molecule has 20 heavy (non-hydrogen) atoms. The van der Waals surface area contributed by atoms with Crippen LogP contribution in [0.1, 0.15) is 25.0 Å². The molecule has 4 nitrogen and oxygen atoms in total. The first-order valence-electron chi connectivity index (χ1n) is 6.44. The third kappa shape index (κ3) is 3.91. The van der Waals surface area contributed by atoms with Crippen LogP contribution in [0.15, 0.2) is 24.3 Å². The number of benzene rings is 1. The van der Waals surface area contributed by atoms with Crippen LogP contribution in [0, 0.1) is 11.2 Å². The molecular formula is C14H20ClFN2O2. The molecule has 0 radical (unpaired) electrons. The zero-order valence-corrected chi connectivity index (χ0v) is 12.2. The number of aliphatic hydroxyl groups is 1. The molecule has 0 aliphatic carbocycles. The predicted molar refractivity (Wildman–Crippen MR) is 77.2 cm³/mol. The Bertz CT molecular complexity index is 447. The van der Waals surface area contributed by atoms with E-state index in [1.807, 2.05) is 6.92 Å². The summed E-state index contributed by atoms with van der Waals surface area (Å²) in [4.78, 5) is 12.0. The van der Waals surface area contributed by atoms with E-state index in [-0.39, 0.29) is 30.7 Å². The van der Waals surface area contributed by atoms with Gasteiger partial charge in [0.15, 0.2) is 0 Å². The lowest BCUT2D eigenvalue weighted by atomic mass is 9.89. The van der Waals surface area contributed by atoms with Gasteiger partial charge in [-0.2, -0.15) is 0 Å². The van der Waals surface area contributed by atoms with E-state index in [4.69, 9.17) is 0 Å². The standard InChI is InChI=1S/C14H19FN2O2.ClH/c1-14(6-7-16-9-14)13(19)17-8-12(18)10-2-4-11(15)5-3-10;/h2-5,12,16,18H,6-9H2,1H3,(H,17,19);1H. The zero-order valence-electron chi connectivity index (χ0n) is 11.4. The third-order valence-corrected chi connectivity index (χ3v) is 3.63. The number of amides is 1. The topological polar surface area (TPSA) is 61.4 Å². The highest BCUT2D eigenvalue weighted by molar-refractivity contribution is 5.85. The van der Waals surface area contributed by atoms with E-state index < -0.39 is 11.5 Å². The minimum atomic E-state index is -0.817. The van der Waals surface area contributed by atoms with E-state index in [0.717, 1.165) is 13.0 Å². The van der Waals surface area contributed by atoms with E-state index in [1.54, 1.807) is 0 Å². The Hall–Kier alpha value is -1.17. The molecule has 0 spiro atoms. The van der Waals surface area contributed by atoms with Crippen LogP contribution in [0.25, 0.3) is 0 Å². The Kier molecular flexibility index (Phi) is 5.92. The molecule has 1 fully saturated rings. The van der Waals surface area contributed by atoms with Crippen molar-refractivity contribution in [1.82, 2.24) is 10.6 Å². The molecule has 0 saturated carbocycles. The van der Waals surface area contributed by atoms with Crippen LogP contribution in [-0.4, -0.2) is 30.6 Å². The molecule has 6 heteroatoms. The largest absolute Gasteiger partial charge is 0.387 e. The Morgan fingerprint density at radius 2 is 2.15 bits per heavy atom. The molecule has 0 bridgehead atoms. The Balaban J connectivity index is 0.00000200. The highest BCUT2D eigenvalue weighted by Crippen LogP contribution is 2.24. The molecule has 1 saturated heterocycles. The van der Waals surface area contributed by atoms with Gasteiger partial charge in [0.25, 0.3) is 0 Å². The summed E-state index contributed by atoms with van der Waals surface area (Å²) < 4.78 is 12.8. The molecule has 1 heterocycles. The maximum Gasteiger partial charge on any atom is 0.227 e. The van der Waals surface area contributed by atoms with Gasteiger partial charge in [-0.25, -0.2) is 4.39 Å². The lowest BCUT2D eigenvalue weighted by Gasteiger charge is -2.22. The summed E-state index contributed by atoms with van der Waals surface area (Å²) >= 11 is 0. The molecule has 0 aromatic heterocycles. The maximum atomic E-state index is 12.8. The molecule has 2 rings (SSSR count). The third-order valence-electron chi connectivity index (χ3n) is 3.63. The van der Waals surface area contributed by atoms with Gasteiger partial charge in [0.05, 0.1) is 11.5 Å². The average Bonchev–Trinajstić information content (AvgIpc) is 2.84. The summed E-state index contributed by atoms with van der Waals surface area (Å²) in [6.45, 7) is 3.54. The smallest absolute Gasteiger partial charge is 0.227 e. The van der Waals surface area contributed by atoms with Gasteiger partial charge in [0.1, 0.15) is 5.82 Å². The molecule has 1 aliphatic rings. The van der Waals surface area contributed by atoms with Crippen molar-refractivity contribution in [3.63, 3.8) is 0 Å². The fourth-order valence-corrected chi connectivity index (χ4v) is 2.22. The Labute approximate surface area is 124 Å². The molecule has 3 N–H and O–H groups in total. The number of hydrogen-bond donors (Lipinski definition) is 3. The normalized spacial score (nSPS) is 22.9. The average molecular weight is 303 g/mol. The van der Waals surface area contributed by atoms with Gasteiger partial charge in [0, 0.05) is 13.1 Å². The molecular weight excluding hydrogens is 283 g/mol. The van der Waals surface area contributed by atoms with Crippen molar-refractivity contribution in [3.05, 3.63) is 35.6 Å². The van der Waals surface area contributed by atoms with Crippen LogP contribution < -0.4 is 10.6 Å². The lowest BCUT2D eigenvalue weighted by Crippen LogP contribution is -2.41. The molecule has 2 atom stereocenters. The minimum Gasteiger partial charge on any atom is -0.387 e. The lowest BCUT2D eigenvalue weighted by molar-refractivity contribution is -0.129. The van der Waals surface area contributed by atoms with Crippen LogP contribution >= 0.6 is 12.4 Å². The Morgan fingerprint density at radius 3 is 2.70 bits per heavy atom. The monoisotopic (exact) mass is 302 g/mol. The number of nitrogens with one attached hydrogen (secondary N) is 2. The predicted octanol–water partition coefficient (Wildman–Crippen LogP) is 1.40. The molecule has 1 aliphatic heterocycles. The van der Waals surface area contributed by atoms with Gasteiger partial charge in [-0.3, -0.25) is 4.79 Å². The van der Waals surface area contributed by atoms with Crippen molar-refractivity contribution < 1.29 is 14.3 Å². The van der Waals surface area contributed by atoms with Crippen LogP contribution in [0.5, 0.6) is 0 Å². The summed E-state index contributed by atoms with van der Waals surface area (Å²) in [6.07, 6.45) is -0.0200. The summed E-state index contributed by atoms with van der Waals surface area (Å²) in [5.41, 5.74) is 0.194. The first kappa shape index (κ1) is 16.9. The van der Waals surface area contributed by atoms with E-state index >= 15 is 0 Å². The van der Waals surface area contributed by atoms with Crippen LogP contribution in [0.3, 0.4) is 0 Å². The summed E-state index contributed by atoms with van der Waals surface area (Å²) in [6, 6.07) is 5.63. The van der Waals surface area contributed by atoms with Crippen molar-refractivity contribution in [2.45, 2.75) is 19.4 Å². The second kappa shape index (κ2) is 7.02. The van der Waals surface area contributed by atoms with Gasteiger partial charge >= 0.3 is 0 Å². The van der Waals surface area contributed by atoms with Gasteiger partial charge in [-0.15, -0.1) is 12.4 Å². The molecule has 1 aromatic carbocycles. The van der Waals surface area contributed by atoms with Gasteiger partial charge < -0.3 is 15.7 Å². The molecule has 2 unspecified atom stereocenters. The van der Waals surface area contributed by atoms with Crippen LogP contribution in [-0.2, 0) is 4.79 Å². The van der Waals surface area contributed by atoms with Crippen molar-refractivity contribution in [1.29, 1.82) is 0 Å². The number of carbonyl (C=O) groups excluding carboxylic acids is 1. The highest BCUT2D eigenvalue weighted by Gasteiger charge is 2.36.